The fourth-order valence-corrected chi connectivity index (χ4v) is 6.99. The number of hydrogen-bond acceptors (Lipinski definition) is 9. The Bertz CT molecular complexity index is 2010. The van der Waals surface area contributed by atoms with Crippen LogP contribution in [0.4, 0.5) is 14.6 Å². The molecule has 0 aliphatic carbocycles. The van der Waals surface area contributed by atoms with E-state index in [-0.39, 0.29) is 48.8 Å². The molecule has 3 heterocycles. The van der Waals surface area contributed by atoms with E-state index in [4.69, 9.17) is 0 Å². The van der Waals surface area contributed by atoms with Gasteiger partial charge in [0, 0.05) is 43.7 Å². The zero-order valence-corrected chi connectivity index (χ0v) is 26.1. The first-order valence-electron chi connectivity index (χ1n) is 14.9. The van der Waals surface area contributed by atoms with Crippen molar-refractivity contribution in [2.45, 2.75) is 36.7 Å². The highest BCUT2D eigenvalue weighted by Crippen LogP contribution is 2.32. The number of phenolic OH excluding ortho intramolecular Hbond substituents is 1. The predicted octanol–water partition coefficient (Wildman–Crippen LogP) is 4.49. The fourth-order valence-electron chi connectivity index (χ4n) is 5.42. The van der Waals surface area contributed by atoms with Crippen molar-refractivity contribution in [1.82, 2.24) is 29.6 Å². The van der Waals surface area contributed by atoms with Gasteiger partial charge in [0.25, 0.3) is 5.92 Å². The number of carbonyl (C=O) groups is 1. The summed E-state index contributed by atoms with van der Waals surface area (Å²) < 4.78 is 57.4. The average Bonchev–Trinajstić information content (AvgIpc) is 3.10. The number of halogens is 2. The Hall–Kier alpha value is -5.08. The molecule has 3 aromatic carbocycles. The lowest BCUT2D eigenvalue weighted by Crippen LogP contribution is -2.60. The molecule has 11 nitrogen and oxygen atoms in total. The van der Waals surface area contributed by atoms with E-state index in [2.05, 4.69) is 25.3 Å². The third-order valence-electron chi connectivity index (χ3n) is 8.13. The third kappa shape index (κ3) is 6.60. The van der Waals surface area contributed by atoms with E-state index in [0.717, 1.165) is 4.31 Å². The highest BCUT2D eigenvalue weighted by molar-refractivity contribution is 7.89. The van der Waals surface area contributed by atoms with E-state index in [1.54, 1.807) is 41.3 Å². The molecular weight excluding hydrogens is 628 g/mol. The first-order valence-corrected chi connectivity index (χ1v) is 16.3. The lowest BCUT2D eigenvalue weighted by atomic mass is 10.0. The number of rotatable bonds is 9. The number of benzene rings is 3. The quantitative estimate of drug-likeness (QED) is 0.234. The minimum absolute atomic E-state index is 0.00314. The lowest BCUT2D eigenvalue weighted by Gasteiger charge is -2.40. The number of carbonyl (C=O) groups excluding carboxylic acids is 1. The number of piperazine rings is 1. The second kappa shape index (κ2) is 13.0. The molecule has 47 heavy (non-hydrogen) atoms. The van der Waals surface area contributed by atoms with Crippen molar-refractivity contribution < 1.29 is 27.1 Å². The maximum absolute atomic E-state index is 14.1. The molecule has 1 atom stereocenters. The monoisotopic (exact) mass is 659 g/mol. The van der Waals surface area contributed by atoms with E-state index in [1.807, 2.05) is 0 Å². The molecule has 5 aromatic rings. The van der Waals surface area contributed by atoms with Crippen LogP contribution in [-0.2, 0) is 27.3 Å². The summed E-state index contributed by atoms with van der Waals surface area (Å²) in [6, 6.07) is 17.3. The normalized spacial score (nSPS) is 15.9. The van der Waals surface area contributed by atoms with E-state index in [9.17, 15) is 27.1 Å². The van der Waals surface area contributed by atoms with Gasteiger partial charge in [0.1, 0.15) is 29.5 Å². The zero-order valence-electron chi connectivity index (χ0n) is 25.3. The Kier molecular flexibility index (Phi) is 8.80. The highest BCUT2D eigenvalue weighted by Gasteiger charge is 2.40. The maximum Gasteiger partial charge on any atom is 0.273 e. The number of phenols is 1. The summed E-state index contributed by atoms with van der Waals surface area (Å²) in [5.41, 5.74) is 2.48. The summed E-state index contributed by atoms with van der Waals surface area (Å²) in [7, 11) is -4.17. The number of nitrogens with zero attached hydrogens (tertiary/aromatic N) is 6. The van der Waals surface area contributed by atoms with Crippen molar-refractivity contribution in [2.24, 2.45) is 0 Å². The molecule has 14 heteroatoms. The first-order chi connectivity index (χ1) is 22.6. The topological polar surface area (TPSA) is 142 Å². The molecule has 0 unspecified atom stereocenters. The van der Waals surface area contributed by atoms with Crippen molar-refractivity contribution in [3.8, 4) is 16.9 Å². The number of anilines is 1. The summed E-state index contributed by atoms with van der Waals surface area (Å²) in [5, 5.41) is 13.0. The molecule has 2 aromatic heterocycles. The zero-order chi connectivity index (χ0) is 33.2. The van der Waals surface area contributed by atoms with E-state index in [0.29, 0.717) is 33.7 Å². The van der Waals surface area contributed by atoms with E-state index in [1.165, 1.54) is 62.0 Å². The number of para-hydroxylation sites is 1. The molecule has 2 N–H and O–H groups in total. The summed E-state index contributed by atoms with van der Waals surface area (Å²) in [4.78, 5) is 32.5. The van der Waals surface area contributed by atoms with Crippen LogP contribution in [-0.4, -0.2) is 69.3 Å². The summed E-state index contributed by atoms with van der Waals surface area (Å²) >= 11 is 0. The van der Waals surface area contributed by atoms with Gasteiger partial charge in [-0.15, -0.1) is 0 Å². The SMILES string of the molecule is CCC(F)(F)c1ccc(CNC(=O)[C@H]2CN(c3cnc4cncnc4n3)CCN2S(=O)(=O)c2ccc(-c3ccccc3O)cc2)cc1. The van der Waals surface area contributed by atoms with Gasteiger partial charge in [-0.3, -0.25) is 4.79 Å². The van der Waals surface area contributed by atoms with Gasteiger partial charge in [-0.05, 0) is 29.3 Å². The fraction of sp³-hybridized carbons (Fsp3) is 0.242. The number of aromatic nitrogens is 4. The Balaban J connectivity index is 1.26. The second-order valence-electron chi connectivity index (χ2n) is 11.1. The number of sulfonamides is 1. The highest BCUT2D eigenvalue weighted by atomic mass is 32.2. The number of hydrogen-bond donors (Lipinski definition) is 2. The average molecular weight is 660 g/mol. The van der Waals surface area contributed by atoms with E-state index >= 15 is 0 Å². The predicted molar refractivity (Wildman–Crippen MR) is 171 cm³/mol. The molecule has 0 spiro atoms. The van der Waals surface area contributed by atoms with Crippen molar-refractivity contribution in [1.29, 1.82) is 0 Å². The number of aromatic hydroxyl groups is 1. The van der Waals surface area contributed by atoms with Crippen LogP contribution < -0.4 is 10.2 Å². The van der Waals surface area contributed by atoms with Crippen molar-refractivity contribution in [3.05, 3.63) is 103 Å². The van der Waals surface area contributed by atoms with Gasteiger partial charge in [0.2, 0.25) is 15.9 Å². The molecule has 0 saturated carbocycles. The molecule has 6 rings (SSSR count). The Morgan fingerprint density at radius 1 is 1.00 bits per heavy atom. The van der Waals surface area contributed by atoms with Gasteiger partial charge >= 0.3 is 0 Å². The van der Waals surface area contributed by atoms with Crippen LogP contribution in [0.15, 0.2) is 96.4 Å². The van der Waals surface area contributed by atoms with Crippen molar-refractivity contribution in [3.63, 3.8) is 0 Å². The number of nitrogens with one attached hydrogen (secondary N) is 1. The molecule has 242 valence electrons. The minimum atomic E-state index is -4.17. The van der Waals surface area contributed by atoms with Gasteiger partial charge in [-0.1, -0.05) is 61.5 Å². The summed E-state index contributed by atoms with van der Waals surface area (Å²) in [6.45, 7) is 1.56. The molecule has 0 radical (unpaired) electrons. The molecule has 1 aliphatic heterocycles. The minimum Gasteiger partial charge on any atom is -0.507 e. The first kappa shape index (κ1) is 31.9. The molecule has 1 fully saturated rings. The van der Waals surface area contributed by atoms with Gasteiger partial charge in [0.15, 0.2) is 5.65 Å². The standard InChI is InChI=1S/C33H31F2N7O4S/c1-2-33(34,35)24-11-7-22(8-12-24)17-38-32(44)28-20-41(30-19-37-27-18-36-21-39-31(27)40-30)15-16-42(28)47(45,46)25-13-9-23(10-14-25)26-5-3-4-6-29(26)43/h3-14,18-19,21,28,43H,2,15-17,20H2,1H3,(H,38,44)/t28-/m1/s1. The van der Waals surface area contributed by atoms with E-state index < -0.39 is 27.9 Å². The second-order valence-corrected chi connectivity index (χ2v) is 12.9. The Morgan fingerprint density at radius 2 is 1.74 bits per heavy atom. The van der Waals surface area contributed by atoms with Crippen LogP contribution in [0.2, 0.25) is 0 Å². The molecule has 1 aliphatic rings. The van der Waals surface area contributed by atoms with Crippen LogP contribution in [0.5, 0.6) is 5.75 Å². The van der Waals surface area contributed by atoms with Crippen LogP contribution in [0, 0.1) is 0 Å². The largest absolute Gasteiger partial charge is 0.507 e. The van der Waals surface area contributed by atoms with Crippen LogP contribution in [0.1, 0.15) is 24.5 Å². The molecule has 1 amide bonds. The van der Waals surface area contributed by atoms with Gasteiger partial charge in [-0.2, -0.15) is 4.31 Å². The van der Waals surface area contributed by atoms with Crippen LogP contribution >= 0.6 is 0 Å². The van der Waals surface area contributed by atoms with Crippen LogP contribution in [0.3, 0.4) is 0 Å². The number of alkyl halides is 2. The van der Waals surface area contributed by atoms with Gasteiger partial charge < -0.3 is 15.3 Å². The van der Waals surface area contributed by atoms with Gasteiger partial charge in [-0.25, -0.2) is 37.1 Å². The number of amides is 1. The van der Waals surface area contributed by atoms with Crippen molar-refractivity contribution in [2.75, 3.05) is 24.5 Å². The summed E-state index contributed by atoms with van der Waals surface area (Å²) in [6.07, 6.45) is 4.07. The lowest BCUT2D eigenvalue weighted by molar-refractivity contribution is -0.125. The Morgan fingerprint density at radius 3 is 2.47 bits per heavy atom. The molecular formula is C33H31F2N7O4S. The molecule has 0 bridgehead atoms. The molecule has 1 saturated heterocycles. The Labute approximate surface area is 270 Å². The third-order valence-corrected chi connectivity index (χ3v) is 10.1. The van der Waals surface area contributed by atoms with Crippen LogP contribution in [0.25, 0.3) is 22.3 Å². The summed E-state index contributed by atoms with van der Waals surface area (Å²) in [5.74, 6) is -3.04. The smallest absolute Gasteiger partial charge is 0.273 e. The maximum atomic E-state index is 14.1. The van der Waals surface area contributed by atoms with Gasteiger partial charge in [0.05, 0.1) is 17.3 Å². The van der Waals surface area contributed by atoms with Crippen molar-refractivity contribution >= 4 is 32.9 Å². The number of fused-ring (bicyclic) bond motifs is 1.